The summed E-state index contributed by atoms with van der Waals surface area (Å²) in [5.74, 6) is -4.37. The summed E-state index contributed by atoms with van der Waals surface area (Å²) in [4.78, 5) is 87.6. The summed E-state index contributed by atoms with van der Waals surface area (Å²) in [6.45, 7) is 0.643. The molecule has 2 N–H and O–H groups in total. The Morgan fingerprint density at radius 1 is 1.20 bits per heavy atom. The van der Waals surface area contributed by atoms with E-state index in [-0.39, 0.29) is 72.9 Å². The van der Waals surface area contributed by atoms with Crippen LogP contribution in [0.1, 0.15) is 24.9 Å². The molecule has 6 amide bonds. The second-order valence-corrected chi connectivity index (χ2v) is 11.0. The van der Waals surface area contributed by atoms with Crippen LogP contribution in [0.2, 0.25) is 0 Å². The number of aliphatic carboxylic acids is 1. The van der Waals surface area contributed by atoms with Crippen LogP contribution in [0.15, 0.2) is 58.7 Å². The smallest absolute Gasteiger partial charge is 0.543 e. The van der Waals surface area contributed by atoms with E-state index in [1.165, 1.54) is 6.08 Å². The number of benzene rings is 1. The van der Waals surface area contributed by atoms with Crippen LogP contribution in [0.5, 0.6) is 0 Å². The van der Waals surface area contributed by atoms with Crippen LogP contribution in [-0.2, 0) is 28.7 Å². The van der Waals surface area contributed by atoms with Gasteiger partial charge in [-0.1, -0.05) is 30.3 Å². The summed E-state index contributed by atoms with van der Waals surface area (Å²) >= 11 is 1.15. The summed E-state index contributed by atoms with van der Waals surface area (Å²) in [6, 6.07) is 3.67. The van der Waals surface area contributed by atoms with E-state index in [9.17, 15) is 44.0 Å². The number of nitro groups is 1. The zero-order valence-corrected chi connectivity index (χ0v) is 27.2. The number of amides is 6. The molecule has 0 spiro atoms. The maximum absolute atomic E-state index is 13.5. The van der Waals surface area contributed by atoms with Crippen molar-refractivity contribution in [2.24, 2.45) is 5.10 Å². The fourth-order valence-electron chi connectivity index (χ4n) is 4.85. The second kappa shape index (κ2) is 14.3. The van der Waals surface area contributed by atoms with E-state index in [1.807, 2.05) is 0 Å². The third-order valence-corrected chi connectivity index (χ3v) is 8.31. The normalized spacial score (nSPS) is 21.8. The molecule has 2 saturated heterocycles. The standard InChI is InChI=1S/C26H25N7O11S.Na/c1-13(34)43-11-15-12-45-23-19(22(36)32(23)20(15)24(37)38)27-21(35)18(14-5-3-2-4-6-14)28-25(39)30-9-10-31(26(30)40)29-16-7-8-17(44-16)33(41)42;/h2-6,8,18-19,23H,7,9-12H2,1H3,(H,27,35)(H,28,39)(H,37,38);/q;+1/p-1/t18-,19?,23-;/m1./s1. The van der Waals surface area contributed by atoms with Crippen LogP contribution >= 0.6 is 11.8 Å². The SMILES string of the molecule is CC(=O)OCC1=C(C(=O)[O-])N2C(=O)C(NC(=O)[C@H](NC(=O)N3CCN(N=C4CC=C([N+](=O)[O-])O4)C3=O)c3ccccc3)[C@H]2SC1.[Na+]. The number of thioether (sulfide) groups is 1. The van der Waals surface area contributed by atoms with E-state index in [2.05, 4.69) is 15.7 Å². The Morgan fingerprint density at radius 3 is 2.54 bits per heavy atom. The van der Waals surface area contributed by atoms with Gasteiger partial charge in [0.05, 0.1) is 31.2 Å². The van der Waals surface area contributed by atoms with E-state index in [1.54, 1.807) is 30.3 Å². The quantitative estimate of drug-likeness (QED) is 0.0845. The molecule has 4 aliphatic heterocycles. The largest absolute Gasteiger partial charge is 1.00 e. The molecule has 0 bridgehead atoms. The Bertz CT molecular complexity index is 1580. The van der Waals surface area contributed by atoms with Crippen molar-refractivity contribution in [1.29, 1.82) is 0 Å². The van der Waals surface area contributed by atoms with Gasteiger partial charge >= 0.3 is 53.5 Å². The molecule has 0 saturated carbocycles. The molecule has 3 atom stereocenters. The number of carboxylic acids is 1. The summed E-state index contributed by atoms with van der Waals surface area (Å²) in [5, 5.41) is 31.8. The summed E-state index contributed by atoms with van der Waals surface area (Å²) in [5.41, 5.74) is 0.0590. The summed E-state index contributed by atoms with van der Waals surface area (Å²) in [6.07, 6.45) is 1.16. The summed E-state index contributed by atoms with van der Waals surface area (Å²) in [7, 11) is 0. The molecule has 1 aromatic rings. The first-order chi connectivity index (χ1) is 21.5. The van der Waals surface area contributed by atoms with Crippen molar-refractivity contribution in [2.45, 2.75) is 30.8 Å². The van der Waals surface area contributed by atoms with Crippen molar-refractivity contribution in [3.05, 3.63) is 69.2 Å². The average molecular weight is 666 g/mol. The van der Waals surface area contributed by atoms with Crippen LogP contribution in [-0.4, -0.2) is 98.3 Å². The van der Waals surface area contributed by atoms with Crippen LogP contribution in [0, 0.1) is 10.1 Å². The number of hydrazone groups is 1. The van der Waals surface area contributed by atoms with Gasteiger partial charge in [-0.05, 0) is 5.56 Å². The molecule has 46 heavy (non-hydrogen) atoms. The monoisotopic (exact) mass is 665 g/mol. The first-order valence-electron chi connectivity index (χ1n) is 13.3. The van der Waals surface area contributed by atoms with Crippen molar-refractivity contribution in [1.82, 2.24) is 25.4 Å². The van der Waals surface area contributed by atoms with Gasteiger partial charge in [0, 0.05) is 24.3 Å². The molecule has 4 aliphatic rings. The van der Waals surface area contributed by atoms with Gasteiger partial charge < -0.3 is 30.0 Å². The number of nitrogens with one attached hydrogen (secondary N) is 2. The number of carbonyl (C=O) groups is 6. The number of nitrogens with zero attached hydrogens (tertiary/aromatic N) is 5. The molecule has 0 radical (unpaired) electrons. The predicted octanol–water partition coefficient (Wildman–Crippen LogP) is -4.00. The topological polar surface area (TPSA) is 233 Å². The maximum atomic E-state index is 13.5. The number of urea groups is 2. The fourth-order valence-corrected chi connectivity index (χ4v) is 6.18. The Kier molecular flexibility index (Phi) is 10.7. The van der Waals surface area contributed by atoms with E-state index < -0.39 is 69.8 Å². The predicted molar refractivity (Wildman–Crippen MR) is 148 cm³/mol. The van der Waals surface area contributed by atoms with E-state index in [0.717, 1.165) is 33.5 Å². The number of β-lactam (4-membered cyclic amide) rings is 1. The molecule has 20 heteroatoms. The zero-order valence-electron chi connectivity index (χ0n) is 24.4. The van der Waals surface area contributed by atoms with E-state index in [4.69, 9.17) is 9.47 Å². The number of carboxylic acid groups (broad SMARTS) is 1. The summed E-state index contributed by atoms with van der Waals surface area (Å²) < 4.78 is 9.88. The number of hydrogen-bond donors (Lipinski definition) is 2. The number of ether oxygens (including phenoxy) is 2. The molecule has 0 aliphatic carbocycles. The van der Waals surface area contributed by atoms with Gasteiger partial charge in [-0.15, -0.1) is 16.9 Å². The molecule has 1 aromatic carbocycles. The average Bonchev–Trinajstić information content (AvgIpc) is 3.64. The maximum Gasteiger partial charge on any atom is 1.00 e. The Hall–Kier alpha value is -4.46. The van der Waals surface area contributed by atoms with Crippen molar-refractivity contribution < 1.29 is 77.8 Å². The molecule has 5 rings (SSSR count). The van der Waals surface area contributed by atoms with Gasteiger partial charge in [-0.3, -0.25) is 29.4 Å². The van der Waals surface area contributed by atoms with E-state index in [0.29, 0.717) is 5.56 Å². The minimum atomic E-state index is -1.64. The molecular weight excluding hydrogens is 641 g/mol. The van der Waals surface area contributed by atoms with Crippen molar-refractivity contribution in [2.75, 3.05) is 25.4 Å². The first kappa shape index (κ1) is 34.4. The number of fused-ring (bicyclic) bond motifs is 1. The van der Waals surface area contributed by atoms with Gasteiger partial charge in [0.1, 0.15) is 29.0 Å². The number of esters is 1. The molecule has 18 nitrogen and oxygen atoms in total. The minimum absolute atomic E-state index is 0. The minimum Gasteiger partial charge on any atom is -0.543 e. The Labute approximate surface area is 286 Å². The van der Waals surface area contributed by atoms with Gasteiger partial charge in [0.2, 0.25) is 11.8 Å². The fraction of sp³-hybridized carbons (Fsp3) is 0.346. The van der Waals surface area contributed by atoms with Crippen LogP contribution in [0.3, 0.4) is 0 Å². The first-order valence-corrected chi connectivity index (χ1v) is 14.4. The van der Waals surface area contributed by atoms with Crippen LogP contribution in [0.4, 0.5) is 9.59 Å². The van der Waals surface area contributed by atoms with Gasteiger partial charge in [-0.2, -0.15) is 0 Å². The molecular formula is C26H24N7NaO11S. The number of carbonyl (C=O) groups excluding carboxylic acids is 6. The molecule has 1 unspecified atom stereocenters. The zero-order chi connectivity index (χ0) is 32.4. The molecule has 2 fully saturated rings. The molecule has 236 valence electrons. The Morgan fingerprint density at radius 2 is 1.91 bits per heavy atom. The molecule has 4 heterocycles. The number of imide groups is 1. The van der Waals surface area contributed by atoms with Crippen LogP contribution in [0.25, 0.3) is 0 Å². The second-order valence-electron chi connectivity index (χ2n) is 9.87. The Balaban J connectivity index is 0.00000480. The van der Waals surface area contributed by atoms with Crippen molar-refractivity contribution in [3.63, 3.8) is 0 Å². The van der Waals surface area contributed by atoms with E-state index >= 15 is 0 Å². The van der Waals surface area contributed by atoms with Gasteiger partial charge in [-0.25, -0.2) is 19.5 Å². The van der Waals surface area contributed by atoms with Gasteiger partial charge in [0.25, 0.3) is 5.91 Å². The van der Waals surface area contributed by atoms with Crippen molar-refractivity contribution in [3.8, 4) is 0 Å². The van der Waals surface area contributed by atoms with Crippen molar-refractivity contribution >= 4 is 53.5 Å². The van der Waals surface area contributed by atoms with Gasteiger partial charge in [0.15, 0.2) is 0 Å². The third kappa shape index (κ3) is 7.01. The third-order valence-electron chi connectivity index (χ3n) is 6.97. The number of hydrogen-bond acceptors (Lipinski definition) is 13. The number of rotatable bonds is 9. The molecule has 0 aromatic heterocycles. The van der Waals surface area contributed by atoms with Crippen LogP contribution < -0.4 is 45.3 Å².